The molecule has 0 bridgehead atoms. The molecule has 2 aromatic carbocycles. The summed E-state index contributed by atoms with van der Waals surface area (Å²) in [5.41, 5.74) is 4.35. The second-order valence-electron chi connectivity index (χ2n) is 6.51. The van der Waals surface area contributed by atoms with Gasteiger partial charge in [-0.05, 0) is 29.7 Å². The molecule has 0 aliphatic carbocycles. The normalized spacial score (nSPS) is 14.4. The first kappa shape index (κ1) is 18.2. The van der Waals surface area contributed by atoms with Gasteiger partial charge in [-0.25, -0.2) is 0 Å². The Hall–Kier alpha value is -2.65. The van der Waals surface area contributed by atoms with Crippen LogP contribution in [0, 0.1) is 0 Å². The van der Waals surface area contributed by atoms with Gasteiger partial charge in [0.1, 0.15) is 0 Å². The lowest BCUT2D eigenvalue weighted by Crippen LogP contribution is -2.32. The van der Waals surface area contributed by atoms with Gasteiger partial charge in [0.15, 0.2) is 0 Å². The van der Waals surface area contributed by atoms with Crippen molar-refractivity contribution in [2.75, 3.05) is 26.2 Å². The van der Waals surface area contributed by atoms with Crippen molar-refractivity contribution in [3.63, 3.8) is 0 Å². The van der Waals surface area contributed by atoms with Crippen molar-refractivity contribution in [3.05, 3.63) is 89.5 Å². The Morgan fingerprint density at radius 3 is 2.15 bits per heavy atom. The van der Waals surface area contributed by atoms with Crippen LogP contribution in [0.25, 0.3) is 5.57 Å². The first-order chi connectivity index (χ1) is 12.8. The molecule has 1 N–H and O–H groups in total. The number of nitrogens with zero attached hydrogens (tertiary/aromatic N) is 1. The number of amides is 1. The minimum absolute atomic E-state index is 0.0495. The van der Waals surface area contributed by atoms with E-state index in [1.54, 1.807) is 6.08 Å². The topological polar surface area (TPSA) is 32.3 Å². The van der Waals surface area contributed by atoms with Gasteiger partial charge in [-0.2, -0.15) is 0 Å². The molecule has 3 heteroatoms. The quantitative estimate of drug-likeness (QED) is 0.636. The van der Waals surface area contributed by atoms with Gasteiger partial charge in [0, 0.05) is 25.7 Å². The van der Waals surface area contributed by atoms with Crippen LogP contribution in [0.3, 0.4) is 0 Å². The molecule has 1 amide bonds. The third kappa shape index (κ3) is 4.93. The Morgan fingerprint density at radius 1 is 1.04 bits per heavy atom. The summed E-state index contributed by atoms with van der Waals surface area (Å²) < 4.78 is 0. The summed E-state index contributed by atoms with van der Waals surface area (Å²) in [5, 5.41) is 3.05. The predicted octanol–water partition coefficient (Wildman–Crippen LogP) is 3.89. The lowest BCUT2D eigenvalue weighted by Gasteiger charge is -2.24. The second-order valence-corrected chi connectivity index (χ2v) is 6.51. The molecule has 0 radical (unpaired) electrons. The summed E-state index contributed by atoms with van der Waals surface area (Å²) in [6, 6.07) is 20.1. The van der Waals surface area contributed by atoms with E-state index in [4.69, 9.17) is 0 Å². The Morgan fingerprint density at radius 2 is 1.65 bits per heavy atom. The van der Waals surface area contributed by atoms with Gasteiger partial charge >= 0.3 is 0 Å². The average Bonchev–Trinajstić information content (AvgIpc) is 2.72. The number of hydrogen-bond donors (Lipinski definition) is 1. The average molecular weight is 346 g/mol. The van der Waals surface area contributed by atoms with E-state index in [1.165, 1.54) is 5.57 Å². The fraction of sp³-hybridized carbons (Fsp3) is 0.261. The molecular formula is C23H26N2O. The van der Waals surface area contributed by atoms with Crippen molar-refractivity contribution in [2.45, 2.75) is 13.3 Å². The number of carbonyl (C=O) groups excluding carboxylic acids is 1. The molecule has 1 heterocycles. The number of hydrogen-bond acceptors (Lipinski definition) is 2. The molecule has 134 valence electrons. The Labute approximate surface area is 156 Å². The lowest BCUT2D eigenvalue weighted by molar-refractivity contribution is -0.116. The van der Waals surface area contributed by atoms with Crippen molar-refractivity contribution in [3.8, 4) is 0 Å². The maximum Gasteiger partial charge on any atom is 0.244 e. The van der Waals surface area contributed by atoms with Crippen molar-refractivity contribution in [1.29, 1.82) is 0 Å². The Kier molecular flexibility index (Phi) is 6.39. The molecule has 2 aromatic rings. The van der Waals surface area contributed by atoms with E-state index >= 15 is 0 Å². The SMILES string of the molecule is CCN1CC=C(CNC(=O)C=C(c2ccccc2)c2ccccc2)CC1. The van der Waals surface area contributed by atoms with Crippen LogP contribution < -0.4 is 5.32 Å². The van der Waals surface area contributed by atoms with E-state index in [0.29, 0.717) is 6.54 Å². The molecular weight excluding hydrogens is 320 g/mol. The van der Waals surface area contributed by atoms with Crippen LogP contribution in [0.15, 0.2) is 78.4 Å². The second kappa shape index (κ2) is 9.16. The van der Waals surface area contributed by atoms with Gasteiger partial charge in [-0.15, -0.1) is 0 Å². The molecule has 0 unspecified atom stereocenters. The molecule has 3 nitrogen and oxygen atoms in total. The predicted molar refractivity (Wildman–Crippen MR) is 108 cm³/mol. The van der Waals surface area contributed by atoms with Crippen molar-refractivity contribution < 1.29 is 4.79 Å². The Bertz CT molecular complexity index is 737. The van der Waals surface area contributed by atoms with Gasteiger partial charge in [0.2, 0.25) is 5.91 Å². The first-order valence-corrected chi connectivity index (χ1v) is 9.27. The Balaban J connectivity index is 1.72. The summed E-state index contributed by atoms with van der Waals surface area (Å²) in [6.07, 6.45) is 4.99. The monoisotopic (exact) mass is 346 g/mol. The molecule has 0 saturated heterocycles. The van der Waals surface area contributed by atoms with Crippen LogP contribution in [-0.4, -0.2) is 37.0 Å². The smallest absolute Gasteiger partial charge is 0.244 e. The summed E-state index contributed by atoms with van der Waals surface area (Å²) in [4.78, 5) is 14.9. The summed E-state index contributed by atoms with van der Waals surface area (Å²) in [7, 11) is 0. The lowest BCUT2D eigenvalue weighted by atomic mass is 9.97. The maximum absolute atomic E-state index is 12.5. The summed E-state index contributed by atoms with van der Waals surface area (Å²) in [5.74, 6) is -0.0495. The van der Waals surface area contributed by atoms with E-state index in [9.17, 15) is 4.79 Å². The zero-order valence-corrected chi connectivity index (χ0v) is 15.3. The molecule has 1 aliphatic rings. The standard InChI is InChI=1S/C23H26N2O/c1-2-25-15-13-19(14-16-25)18-24-23(26)17-22(20-9-5-3-6-10-20)21-11-7-4-8-12-21/h3-13,17H,2,14-16,18H2,1H3,(H,24,26). The number of carbonyl (C=O) groups is 1. The van der Waals surface area contributed by atoms with Crippen LogP contribution in [-0.2, 0) is 4.79 Å². The fourth-order valence-electron chi connectivity index (χ4n) is 3.15. The highest BCUT2D eigenvalue weighted by atomic mass is 16.1. The number of nitrogens with one attached hydrogen (secondary N) is 1. The van der Waals surface area contributed by atoms with E-state index in [-0.39, 0.29) is 5.91 Å². The maximum atomic E-state index is 12.5. The fourth-order valence-corrected chi connectivity index (χ4v) is 3.15. The summed E-state index contributed by atoms with van der Waals surface area (Å²) in [6.45, 7) is 5.95. The first-order valence-electron chi connectivity index (χ1n) is 9.27. The number of likely N-dealkylation sites (N-methyl/N-ethyl adjacent to an activating group) is 1. The summed E-state index contributed by atoms with van der Waals surface area (Å²) >= 11 is 0. The van der Waals surface area contributed by atoms with Crippen molar-refractivity contribution in [1.82, 2.24) is 10.2 Å². The molecule has 0 fully saturated rings. The van der Waals surface area contributed by atoms with E-state index in [0.717, 1.165) is 42.8 Å². The molecule has 0 spiro atoms. The van der Waals surface area contributed by atoms with Crippen LogP contribution in [0.4, 0.5) is 0 Å². The molecule has 0 atom stereocenters. The molecule has 26 heavy (non-hydrogen) atoms. The molecule has 3 rings (SSSR count). The molecule has 0 aromatic heterocycles. The van der Waals surface area contributed by atoms with E-state index < -0.39 is 0 Å². The zero-order chi connectivity index (χ0) is 18.2. The number of benzene rings is 2. The largest absolute Gasteiger partial charge is 0.349 e. The van der Waals surface area contributed by atoms with Crippen molar-refractivity contribution >= 4 is 11.5 Å². The third-order valence-corrected chi connectivity index (χ3v) is 4.77. The highest BCUT2D eigenvalue weighted by Gasteiger charge is 2.11. The van der Waals surface area contributed by atoms with Crippen LogP contribution in [0.1, 0.15) is 24.5 Å². The van der Waals surface area contributed by atoms with Crippen molar-refractivity contribution in [2.24, 2.45) is 0 Å². The van der Waals surface area contributed by atoms with Gasteiger partial charge in [0.25, 0.3) is 0 Å². The van der Waals surface area contributed by atoms with Gasteiger partial charge < -0.3 is 5.32 Å². The van der Waals surface area contributed by atoms with Gasteiger partial charge in [0.05, 0.1) is 0 Å². The van der Waals surface area contributed by atoms with Crippen LogP contribution in [0.2, 0.25) is 0 Å². The minimum atomic E-state index is -0.0495. The van der Waals surface area contributed by atoms with E-state index in [1.807, 2.05) is 60.7 Å². The zero-order valence-electron chi connectivity index (χ0n) is 15.3. The highest BCUT2D eigenvalue weighted by molar-refractivity contribution is 5.99. The number of rotatable bonds is 6. The van der Waals surface area contributed by atoms with Crippen LogP contribution >= 0.6 is 0 Å². The highest BCUT2D eigenvalue weighted by Crippen LogP contribution is 2.22. The van der Waals surface area contributed by atoms with E-state index in [2.05, 4.69) is 23.2 Å². The van der Waals surface area contributed by atoms with Gasteiger partial charge in [-0.3, -0.25) is 9.69 Å². The van der Waals surface area contributed by atoms with Gasteiger partial charge in [-0.1, -0.05) is 79.2 Å². The minimum Gasteiger partial charge on any atom is -0.349 e. The third-order valence-electron chi connectivity index (χ3n) is 4.77. The van der Waals surface area contributed by atoms with Crippen LogP contribution in [0.5, 0.6) is 0 Å². The molecule has 0 saturated carbocycles. The molecule has 1 aliphatic heterocycles.